The van der Waals surface area contributed by atoms with E-state index in [2.05, 4.69) is 6.07 Å². The number of thiophene rings is 1. The Hall–Kier alpha value is -1.19. The van der Waals surface area contributed by atoms with Crippen molar-refractivity contribution in [2.75, 3.05) is 0 Å². The van der Waals surface area contributed by atoms with E-state index in [4.69, 9.17) is 5.73 Å². The molecule has 2 aromatic rings. The lowest BCUT2D eigenvalue weighted by atomic mass is 10.1. The topological polar surface area (TPSA) is 26.0 Å². The molecule has 0 aliphatic rings. The van der Waals surface area contributed by atoms with Gasteiger partial charge in [0.25, 0.3) is 0 Å². The third-order valence-corrected chi connectivity index (χ3v) is 3.29. The molecule has 3 heteroatoms. The van der Waals surface area contributed by atoms with Gasteiger partial charge in [-0.15, -0.1) is 11.3 Å². The van der Waals surface area contributed by atoms with Gasteiger partial charge >= 0.3 is 0 Å². The van der Waals surface area contributed by atoms with Crippen molar-refractivity contribution in [3.63, 3.8) is 0 Å². The summed E-state index contributed by atoms with van der Waals surface area (Å²) in [4.78, 5) is 2.39. The van der Waals surface area contributed by atoms with Gasteiger partial charge in [-0.05, 0) is 29.8 Å². The summed E-state index contributed by atoms with van der Waals surface area (Å²) >= 11 is 1.69. The van der Waals surface area contributed by atoms with Crippen LogP contribution in [0.25, 0.3) is 0 Å². The van der Waals surface area contributed by atoms with Gasteiger partial charge < -0.3 is 5.73 Å². The SMILES string of the molecule is NCc1ccc(Cc2cccc(F)c2)s1. The molecule has 2 N–H and O–H groups in total. The molecule has 0 bridgehead atoms. The minimum atomic E-state index is -0.178. The highest BCUT2D eigenvalue weighted by molar-refractivity contribution is 7.12. The highest BCUT2D eigenvalue weighted by Crippen LogP contribution is 2.19. The number of benzene rings is 1. The number of hydrogen-bond donors (Lipinski definition) is 1. The van der Waals surface area contributed by atoms with Gasteiger partial charge in [0, 0.05) is 22.7 Å². The molecule has 1 heterocycles. The number of rotatable bonds is 3. The Morgan fingerprint density at radius 2 is 1.93 bits per heavy atom. The van der Waals surface area contributed by atoms with Gasteiger partial charge in [0.05, 0.1) is 0 Å². The first-order chi connectivity index (χ1) is 7.28. The van der Waals surface area contributed by atoms with Crippen LogP contribution in [0.15, 0.2) is 36.4 Å². The van der Waals surface area contributed by atoms with Gasteiger partial charge in [-0.1, -0.05) is 12.1 Å². The van der Waals surface area contributed by atoms with E-state index in [1.54, 1.807) is 23.5 Å². The minimum absolute atomic E-state index is 0.178. The van der Waals surface area contributed by atoms with Crippen molar-refractivity contribution in [1.29, 1.82) is 0 Å². The summed E-state index contributed by atoms with van der Waals surface area (Å²) < 4.78 is 12.9. The number of halogens is 1. The summed E-state index contributed by atoms with van der Waals surface area (Å²) in [7, 11) is 0. The average molecular weight is 221 g/mol. The molecule has 0 unspecified atom stereocenters. The van der Waals surface area contributed by atoms with Crippen LogP contribution in [0.1, 0.15) is 15.3 Å². The van der Waals surface area contributed by atoms with E-state index >= 15 is 0 Å². The van der Waals surface area contributed by atoms with Crippen LogP contribution < -0.4 is 5.73 Å². The Bertz CT molecular complexity index is 450. The fraction of sp³-hybridized carbons (Fsp3) is 0.167. The summed E-state index contributed by atoms with van der Waals surface area (Å²) in [5.41, 5.74) is 6.53. The van der Waals surface area contributed by atoms with Crippen molar-refractivity contribution in [2.45, 2.75) is 13.0 Å². The van der Waals surface area contributed by atoms with E-state index in [1.165, 1.54) is 15.8 Å². The molecule has 0 saturated heterocycles. The van der Waals surface area contributed by atoms with Crippen molar-refractivity contribution in [1.82, 2.24) is 0 Å². The number of nitrogens with two attached hydrogens (primary N) is 1. The van der Waals surface area contributed by atoms with Crippen LogP contribution in [0.4, 0.5) is 4.39 Å². The second-order valence-electron chi connectivity index (χ2n) is 3.38. The van der Waals surface area contributed by atoms with Gasteiger partial charge in [-0.2, -0.15) is 0 Å². The van der Waals surface area contributed by atoms with E-state index in [9.17, 15) is 4.39 Å². The van der Waals surface area contributed by atoms with Crippen molar-refractivity contribution in [3.8, 4) is 0 Å². The zero-order chi connectivity index (χ0) is 10.7. The van der Waals surface area contributed by atoms with Crippen LogP contribution in [-0.4, -0.2) is 0 Å². The highest BCUT2D eigenvalue weighted by atomic mass is 32.1. The van der Waals surface area contributed by atoms with E-state index < -0.39 is 0 Å². The van der Waals surface area contributed by atoms with Gasteiger partial charge in [0.2, 0.25) is 0 Å². The molecule has 78 valence electrons. The standard InChI is InChI=1S/C12H12FNS/c13-10-3-1-2-9(6-10)7-11-4-5-12(8-14)15-11/h1-6H,7-8,14H2. The van der Waals surface area contributed by atoms with E-state index in [-0.39, 0.29) is 5.82 Å². The molecule has 0 radical (unpaired) electrons. The van der Waals surface area contributed by atoms with Crippen molar-refractivity contribution in [3.05, 3.63) is 57.5 Å². The molecular formula is C12H12FNS. The molecule has 0 amide bonds. The molecule has 0 aliphatic carbocycles. The van der Waals surface area contributed by atoms with E-state index in [0.717, 1.165) is 12.0 Å². The lowest BCUT2D eigenvalue weighted by Gasteiger charge is -1.98. The maximum absolute atomic E-state index is 12.9. The average Bonchev–Trinajstić information content (AvgIpc) is 2.65. The van der Waals surface area contributed by atoms with E-state index in [0.29, 0.717) is 6.54 Å². The van der Waals surface area contributed by atoms with Crippen LogP contribution in [0, 0.1) is 5.82 Å². The third kappa shape index (κ3) is 2.64. The molecule has 0 spiro atoms. The molecule has 1 aromatic carbocycles. The Morgan fingerprint density at radius 1 is 1.13 bits per heavy atom. The summed E-state index contributed by atoms with van der Waals surface area (Å²) in [5.74, 6) is -0.178. The minimum Gasteiger partial charge on any atom is -0.326 e. The molecule has 2 rings (SSSR count). The molecular weight excluding hydrogens is 209 g/mol. The predicted octanol–water partition coefficient (Wildman–Crippen LogP) is 2.94. The first kappa shape index (κ1) is 10.3. The summed E-state index contributed by atoms with van der Waals surface area (Å²) in [6.07, 6.45) is 0.780. The van der Waals surface area contributed by atoms with Crippen LogP contribution in [0.3, 0.4) is 0 Å². The van der Waals surface area contributed by atoms with Crippen LogP contribution >= 0.6 is 11.3 Å². The van der Waals surface area contributed by atoms with Crippen molar-refractivity contribution < 1.29 is 4.39 Å². The predicted molar refractivity (Wildman–Crippen MR) is 61.4 cm³/mol. The maximum atomic E-state index is 12.9. The summed E-state index contributed by atoms with van der Waals surface area (Å²) in [5, 5.41) is 0. The lowest BCUT2D eigenvalue weighted by molar-refractivity contribution is 0.626. The molecule has 15 heavy (non-hydrogen) atoms. The van der Waals surface area contributed by atoms with Crippen LogP contribution in [-0.2, 0) is 13.0 Å². The molecule has 0 atom stereocenters. The highest BCUT2D eigenvalue weighted by Gasteiger charge is 2.01. The Morgan fingerprint density at radius 3 is 2.60 bits per heavy atom. The van der Waals surface area contributed by atoms with E-state index in [1.807, 2.05) is 12.1 Å². The fourth-order valence-corrected chi connectivity index (χ4v) is 2.41. The fourth-order valence-electron chi connectivity index (χ4n) is 1.48. The monoisotopic (exact) mass is 221 g/mol. The first-order valence-corrected chi connectivity index (χ1v) is 5.61. The molecule has 0 aliphatic heterocycles. The smallest absolute Gasteiger partial charge is 0.123 e. The summed E-state index contributed by atoms with van der Waals surface area (Å²) in [6.45, 7) is 0.577. The molecule has 1 aromatic heterocycles. The second-order valence-corrected chi connectivity index (χ2v) is 4.63. The van der Waals surface area contributed by atoms with Crippen LogP contribution in [0.5, 0.6) is 0 Å². The normalized spacial score (nSPS) is 10.5. The first-order valence-electron chi connectivity index (χ1n) is 4.80. The van der Waals surface area contributed by atoms with Gasteiger partial charge in [-0.25, -0.2) is 4.39 Å². The number of hydrogen-bond acceptors (Lipinski definition) is 2. The molecule has 0 fully saturated rings. The lowest BCUT2D eigenvalue weighted by Crippen LogP contribution is -1.91. The zero-order valence-corrected chi connectivity index (χ0v) is 9.06. The molecule has 0 saturated carbocycles. The molecule has 1 nitrogen and oxygen atoms in total. The Labute approximate surface area is 92.4 Å². The van der Waals surface area contributed by atoms with Crippen LogP contribution in [0.2, 0.25) is 0 Å². The summed E-state index contributed by atoms with van der Waals surface area (Å²) in [6, 6.07) is 10.8. The maximum Gasteiger partial charge on any atom is 0.123 e. The van der Waals surface area contributed by atoms with Gasteiger partial charge in [0.1, 0.15) is 5.82 Å². The Kier molecular flexibility index (Phi) is 3.14. The van der Waals surface area contributed by atoms with Gasteiger partial charge in [-0.3, -0.25) is 0 Å². The third-order valence-electron chi connectivity index (χ3n) is 2.19. The van der Waals surface area contributed by atoms with Crippen molar-refractivity contribution in [2.24, 2.45) is 5.73 Å². The largest absolute Gasteiger partial charge is 0.326 e. The van der Waals surface area contributed by atoms with Crippen molar-refractivity contribution >= 4 is 11.3 Å². The quantitative estimate of drug-likeness (QED) is 0.847. The Balaban J connectivity index is 2.14. The second kappa shape index (κ2) is 4.55. The van der Waals surface area contributed by atoms with Gasteiger partial charge in [0.15, 0.2) is 0 Å². The zero-order valence-electron chi connectivity index (χ0n) is 8.24.